The van der Waals surface area contributed by atoms with Gasteiger partial charge in [-0.1, -0.05) is 37.3 Å². The summed E-state index contributed by atoms with van der Waals surface area (Å²) in [7, 11) is 2.14. The van der Waals surface area contributed by atoms with E-state index in [0.717, 1.165) is 84.6 Å². The number of benzene rings is 1. The average molecular weight is 472 g/mol. The third kappa shape index (κ3) is 6.39. The second kappa shape index (κ2) is 12.0. The summed E-state index contributed by atoms with van der Waals surface area (Å²) in [6.07, 6.45) is 6.10. The minimum Gasteiger partial charge on any atom is -0.348 e. The standard InChI is InChI=1S/C28H45N3O3/c1-4-13-31-22-24(18-25-20-28(12-11-26(25)31)33-16-17-34-28)19-27(32)30(5-2)15-14-29(3)21-23-9-7-6-8-10-23/h6-10,24-26H,4-5,11-22H2,1-3H3/t24-,25-,26-/m1/s1. The lowest BCUT2D eigenvalue weighted by molar-refractivity contribution is -0.203. The fourth-order valence-electron chi connectivity index (χ4n) is 6.48. The maximum Gasteiger partial charge on any atom is 0.222 e. The molecule has 0 aromatic heterocycles. The molecule has 3 aliphatic rings. The number of rotatable bonds is 10. The quantitative estimate of drug-likeness (QED) is 0.516. The monoisotopic (exact) mass is 471 g/mol. The van der Waals surface area contributed by atoms with Crippen LogP contribution in [0.4, 0.5) is 0 Å². The minimum absolute atomic E-state index is 0.314. The summed E-state index contributed by atoms with van der Waals surface area (Å²) in [5, 5.41) is 0. The summed E-state index contributed by atoms with van der Waals surface area (Å²) in [5.41, 5.74) is 1.31. The predicted molar refractivity (Wildman–Crippen MR) is 135 cm³/mol. The van der Waals surface area contributed by atoms with Gasteiger partial charge in [-0.2, -0.15) is 0 Å². The summed E-state index contributed by atoms with van der Waals surface area (Å²) in [6, 6.07) is 11.2. The number of piperidine rings is 1. The lowest BCUT2D eigenvalue weighted by Gasteiger charge is -2.51. The molecule has 4 rings (SSSR count). The minimum atomic E-state index is -0.344. The Bertz CT molecular complexity index is 767. The molecule has 3 fully saturated rings. The van der Waals surface area contributed by atoms with E-state index in [1.54, 1.807) is 0 Å². The zero-order valence-corrected chi connectivity index (χ0v) is 21.6. The van der Waals surface area contributed by atoms with E-state index >= 15 is 0 Å². The molecule has 190 valence electrons. The van der Waals surface area contributed by atoms with E-state index in [1.807, 2.05) is 0 Å². The highest BCUT2D eigenvalue weighted by molar-refractivity contribution is 5.76. The Balaban J connectivity index is 1.31. The molecule has 2 heterocycles. The van der Waals surface area contributed by atoms with Gasteiger partial charge in [0, 0.05) is 58.0 Å². The number of hydrogen-bond donors (Lipinski definition) is 0. The fourth-order valence-corrected chi connectivity index (χ4v) is 6.48. The van der Waals surface area contributed by atoms with Crippen LogP contribution in [-0.4, -0.2) is 85.4 Å². The number of carbonyl (C=O) groups is 1. The van der Waals surface area contributed by atoms with Gasteiger partial charge in [-0.05, 0) is 57.2 Å². The molecule has 1 saturated carbocycles. The van der Waals surface area contributed by atoms with E-state index < -0.39 is 0 Å². The average Bonchev–Trinajstić information content (AvgIpc) is 3.27. The van der Waals surface area contributed by atoms with E-state index in [1.165, 1.54) is 5.56 Å². The molecule has 0 N–H and O–H groups in total. The van der Waals surface area contributed by atoms with Gasteiger partial charge in [-0.15, -0.1) is 0 Å². The van der Waals surface area contributed by atoms with Crippen molar-refractivity contribution in [3.05, 3.63) is 35.9 Å². The Kier molecular flexibility index (Phi) is 9.03. The smallest absolute Gasteiger partial charge is 0.222 e. The molecular weight excluding hydrogens is 426 g/mol. The highest BCUT2D eigenvalue weighted by atomic mass is 16.7. The van der Waals surface area contributed by atoms with Crippen LogP contribution >= 0.6 is 0 Å². The van der Waals surface area contributed by atoms with Gasteiger partial charge in [0.15, 0.2) is 5.79 Å². The molecule has 6 nitrogen and oxygen atoms in total. The van der Waals surface area contributed by atoms with E-state index in [-0.39, 0.29) is 5.79 Å². The van der Waals surface area contributed by atoms with Crippen LogP contribution in [0.1, 0.15) is 57.9 Å². The van der Waals surface area contributed by atoms with E-state index in [4.69, 9.17) is 9.47 Å². The Labute approximate surface area is 206 Å². The molecule has 1 amide bonds. The van der Waals surface area contributed by atoms with E-state index in [2.05, 4.69) is 65.9 Å². The molecule has 3 atom stereocenters. The number of fused-ring (bicyclic) bond motifs is 1. The van der Waals surface area contributed by atoms with E-state index in [9.17, 15) is 4.79 Å². The first-order valence-electron chi connectivity index (χ1n) is 13.5. The molecule has 1 aromatic rings. The van der Waals surface area contributed by atoms with Gasteiger partial charge in [0.25, 0.3) is 0 Å². The second-order valence-corrected chi connectivity index (χ2v) is 10.7. The van der Waals surface area contributed by atoms with Crippen molar-refractivity contribution in [2.75, 3.05) is 53.0 Å². The summed E-state index contributed by atoms with van der Waals surface area (Å²) >= 11 is 0. The summed E-state index contributed by atoms with van der Waals surface area (Å²) in [6.45, 7) is 11.4. The summed E-state index contributed by atoms with van der Waals surface area (Å²) < 4.78 is 12.1. The van der Waals surface area contributed by atoms with Crippen molar-refractivity contribution in [2.45, 2.75) is 70.7 Å². The highest BCUT2D eigenvalue weighted by Crippen LogP contribution is 2.45. The lowest BCUT2D eigenvalue weighted by atomic mass is 9.72. The zero-order chi connectivity index (χ0) is 24.0. The molecule has 0 radical (unpaired) electrons. The predicted octanol–water partition coefficient (Wildman–Crippen LogP) is 4.00. The number of amides is 1. The van der Waals surface area contributed by atoms with Gasteiger partial charge in [-0.3, -0.25) is 9.69 Å². The number of carbonyl (C=O) groups excluding carboxylic acids is 1. The number of nitrogens with zero attached hydrogens (tertiary/aromatic N) is 3. The maximum absolute atomic E-state index is 13.3. The van der Waals surface area contributed by atoms with Gasteiger partial charge < -0.3 is 19.3 Å². The molecule has 1 aliphatic carbocycles. The zero-order valence-electron chi connectivity index (χ0n) is 21.6. The topological polar surface area (TPSA) is 45.3 Å². The maximum atomic E-state index is 13.3. The molecule has 2 saturated heterocycles. The van der Waals surface area contributed by atoms with Crippen LogP contribution < -0.4 is 0 Å². The summed E-state index contributed by atoms with van der Waals surface area (Å²) in [5.74, 6) is 0.961. The molecule has 1 spiro atoms. The number of likely N-dealkylation sites (tertiary alicyclic amines) is 1. The summed E-state index contributed by atoms with van der Waals surface area (Å²) in [4.78, 5) is 20.4. The third-order valence-corrected chi connectivity index (χ3v) is 8.11. The Morgan fingerprint density at radius 1 is 1.15 bits per heavy atom. The Morgan fingerprint density at radius 3 is 2.62 bits per heavy atom. The van der Waals surface area contributed by atoms with Gasteiger partial charge in [0.1, 0.15) is 0 Å². The Morgan fingerprint density at radius 2 is 1.91 bits per heavy atom. The number of ether oxygens (including phenoxy) is 2. The van der Waals surface area contributed by atoms with Crippen LogP contribution in [0.3, 0.4) is 0 Å². The van der Waals surface area contributed by atoms with Crippen LogP contribution in [0, 0.1) is 11.8 Å². The van der Waals surface area contributed by atoms with E-state index in [0.29, 0.717) is 30.2 Å². The third-order valence-electron chi connectivity index (χ3n) is 8.11. The van der Waals surface area contributed by atoms with Crippen molar-refractivity contribution >= 4 is 5.91 Å². The van der Waals surface area contributed by atoms with Crippen LogP contribution in [0.5, 0.6) is 0 Å². The van der Waals surface area contributed by atoms with Gasteiger partial charge in [0.2, 0.25) is 5.91 Å². The first kappa shape index (κ1) is 25.6. The Hall–Kier alpha value is -1.47. The van der Waals surface area contributed by atoms with Crippen molar-refractivity contribution < 1.29 is 14.3 Å². The second-order valence-electron chi connectivity index (χ2n) is 10.7. The fraction of sp³-hybridized carbons (Fsp3) is 0.750. The molecule has 0 unspecified atom stereocenters. The highest BCUT2D eigenvalue weighted by Gasteiger charge is 2.49. The van der Waals surface area contributed by atoms with Gasteiger partial charge in [-0.25, -0.2) is 0 Å². The molecule has 2 aliphatic heterocycles. The van der Waals surface area contributed by atoms with Crippen LogP contribution in [0.2, 0.25) is 0 Å². The number of hydrogen-bond acceptors (Lipinski definition) is 5. The van der Waals surface area contributed by atoms with Crippen molar-refractivity contribution in [1.82, 2.24) is 14.7 Å². The first-order chi connectivity index (χ1) is 16.5. The molecule has 1 aromatic carbocycles. The largest absolute Gasteiger partial charge is 0.348 e. The van der Waals surface area contributed by atoms with Crippen molar-refractivity contribution in [3.63, 3.8) is 0 Å². The van der Waals surface area contributed by atoms with Gasteiger partial charge >= 0.3 is 0 Å². The lowest BCUT2D eigenvalue weighted by Crippen LogP contribution is -2.55. The van der Waals surface area contributed by atoms with Crippen LogP contribution in [0.15, 0.2) is 30.3 Å². The molecule has 0 bridgehead atoms. The van der Waals surface area contributed by atoms with Gasteiger partial charge in [0.05, 0.1) is 13.2 Å². The number of likely N-dealkylation sites (N-methyl/N-ethyl adjacent to an activating group) is 2. The van der Waals surface area contributed by atoms with Crippen molar-refractivity contribution in [3.8, 4) is 0 Å². The normalized spacial score (nSPS) is 26.6. The SMILES string of the molecule is CCCN1C[C@@H](CC(=O)N(CC)CCN(C)Cc2ccccc2)C[C@@H]2CC3(CC[C@H]21)OCCO3. The van der Waals surface area contributed by atoms with Crippen LogP contribution in [-0.2, 0) is 20.8 Å². The molecule has 34 heavy (non-hydrogen) atoms. The first-order valence-corrected chi connectivity index (χ1v) is 13.5. The van der Waals surface area contributed by atoms with Crippen molar-refractivity contribution in [2.24, 2.45) is 11.8 Å². The van der Waals surface area contributed by atoms with Crippen molar-refractivity contribution in [1.29, 1.82) is 0 Å². The molecular formula is C28H45N3O3. The van der Waals surface area contributed by atoms with Crippen LogP contribution in [0.25, 0.3) is 0 Å². The molecule has 6 heteroatoms.